The Hall–Kier alpha value is -1.96. The van der Waals surface area contributed by atoms with E-state index in [1.807, 2.05) is 0 Å². The molecule has 0 saturated heterocycles. The van der Waals surface area contributed by atoms with Crippen LogP contribution in [0.3, 0.4) is 0 Å². The molecule has 2 aromatic carbocycles. The average Bonchev–Trinajstić information content (AvgIpc) is 2.74. The maximum absolute atomic E-state index is 10.6. The van der Waals surface area contributed by atoms with E-state index in [1.165, 1.54) is 75.3 Å². The lowest BCUT2D eigenvalue weighted by molar-refractivity contribution is -0.148. The number of rotatable bonds is 6. The quantitative estimate of drug-likeness (QED) is 0.454. The van der Waals surface area contributed by atoms with Gasteiger partial charge in [0.25, 0.3) is 0 Å². The molecule has 4 saturated carbocycles. The fourth-order valence-corrected chi connectivity index (χ4v) is 9.79. The predicted octanol–water partition coefficient (Wildman–Crippen LogP) is 8.46. The van der Waals surface area contributed by atoms with Gasteiger partial charge in [-0.2, -0.15) is 0 Å². The highest BCUT2D eigenvalue weighted by Crippen LogP contribution is 2.76. The van der Waals surface area contributed by atoms with Crippen LogP contribution in [0.25, 0.3) is 0 Å². The number of hydrogen-bond acceptors (Lipinski definition) is 2. The highest BCUT2D eigenvalue weighted by molar-refractivity contribution is 5.50. The number of hydrogen-bond donors (Lipinski definition) is 2. The summed E-state index contributed by atoms with van der Waals surface area (Å²) in [5.41, 5.74) is 8.12. The van der Waals surface area contributed by atoms with Crippen molar-refractivity contribution in [2.45, 2.75) is 117 Å². The summed E-state index contributed by atoms with van der Waals surface area (Å²) < 4.78 is 0. The first kappa shape index (κ1) is 23.8. The lowest BCUT2D eigenvalue weighted by Crippen LogP contribution is -2.64. The van der Waals surface area contributed by atoms with Gasteiger partial charge in [0, 0.05) is 0 Å². The third kappa shape index (κ3) is 3.42. The van der Waals surface area contributed by atoms with Gasteiger partial charge in [-0.3, -0.25) is 0 Å². The SMILES string of the molecule is CCCC12CC3(CCC)CC(c4cc(C)c(O)c(C)c4)(C1)CC(c1cc(C)c(O)c(C)c1)(C2)C3. The van der Waals surface area contributed by atoms with E-state index in [1.54, 1.807) is 0 Å². The largest absolute Gasteiger partial charge is 0.507 e. The normalized spacial score (nSPS) is 34.1. The van der Waals surface area contributed by atoms with Gasteiger partial charge in [-0.05, 0) is 134 Å². The Balaban J connectivity index is 1.75. The monoisotopic (exact) mass is 460 g/mol. The van der Waals surface area contributed by atoms with E-state index in [0.717, 1.165) is 22.3 Å². The number of aryl methyl sites for hydroxylation is 4. The van der Waals surface area contributed by atoms with E-state index >= 15 is 0 Å². The zero-order valence-corrected chi connectivity index (χ0v) is 22.3. The molecule has 0 spiro atoms. The molecule has 2 nitrogen and oxygen atoms in total. The highest BCUT2D eigenvalue weighted by atomic mass is 16.3. The first-order valence-electron chi connectivity index (χ1n) is 13.6. The van der Waals surface area contributed by atoms with Gasteiger partial charge in [0.05, 0.1) is 0 Å². The Bertz CT molecular complexity index is 978. The summed E-state index contributed by atoms with van der Waals surface area (Å²) in [6.07, 6.45) is 12.9. The maximum atomic E-state index is 10.6. The fraction of sp³-hybridized carbons (Fsp3) is 0.625. The van der Waals surface area contributed by atoms with E-state index in [9.17, 15) is 10.2 Å². The molecule has 2 aromatic rings. The fourth-order valence-electron chi connectivity index (χ4n) is 9.79. The minimum Gasteiger partial charge on any atom is -0.507 e. The summed E-state index contributed by atoms with van der Waals surface area (Å²) in [7, 11) is 0. The zero-order chi connectivity index (χ0) is 24.5. The van der Waals surface area contributed by atoms with E-state index in [0.29, 0.717) is 22.3 Å². The van der Waals surface area contributed by atoms with Crippen LogP contribution in [0.15, 0.2) is 24.3 Å². The van der Waals surface area contributed by atoms with Crippen LogP contribution in [-0.4, -0.2) is 10.2 Å². The Morgan fingerprint density at radius 2 is 0.882 bits per heavy atom. The summed E-state index contributed by atoms with van der Waals surface area (Å²) in [4.78, 5) is 0. The van der Waals surface area contributed by atoms with Gasteiger partial charge in [0.1, 0.15) is 11.5 Å². The number of phenols is 2. The molecule has 0 aliphatic heterocycles. The number of phenolic OH excluding ortho intramolecular Hbond substituents is 2. The summed E-state index contributed by atoms with van der Waals surface area (Å²) in [6.45, 7) is 13.0. The van der Waals surface area contributed by atoms with E-state index < -0.39 is 0 Å². The standard InChI is InChI=1S/C32H44O2/c1-7-9-29-15-30(10-8-2)18-31(16-29,25-11-21(3)27(33)22(4)12-25)20-32(17-29,19-30)26-13-23(5)28(34)24(6)14-26/h11-14,33-34H,7-10,15-20H2,1-6H3. The maximum Gasteiger partial charge on any atom is 0.121 e. The van der Waals surface area contributed by atoms with E-state index in [-0.39, 0.29) is 10.8 Å². The van der Waals surface area contributed by atoms with Crippen LogP contribution in [0.4, 0.5) is 0 Å². The van der Waals surface area contributed by atoms with Crippen molar-refractivity contribution in [1.29, 1.82) is 0 Å². The molecule has 0 atom stereocenters. The van der Waals surface area contributed by atoms with Crippen LogP contribution >= 0.6 is 0 Å². The molecule has 0 radical (unpaired) electrons. The van der Waals surface area contributed by atoms with Crippen LogP contribution < -0.4 is 0 Å². The van der Waals surface area contributed by atoms with Crippen molar-refractivity contribution in [1.82, 2.24) is 0 Å². The molecule has 2 heteroatoms. The average molecular weight is 461 g/mol. The van der Waals surface area contributed by atoms with Crippen molar-refractivity contribution in [3.8, 4) is 11.5 Å². The molecule has 0 unspecified atom stereocenters. The Kier molecular flexibility index (Phi) is 5.43. The van der Waals surface area contributed by atoms with Crippen molar-refractivity contribution in [3.63, 3.8) is 0 Å². The number of benzene rings is 2. The third-order valence-electron chi connectivity index (χ3n) is 10.0. The first-order valence-corrected chi connectivity index (χ1v) is 13.6. The van der Waals surface area contributed by atoms with E-state index in [2.05, 4.69) is 65.8 Å². The second-order valence-corrected chi connectivity index (χ2v) is 13.0. The lowest BCUT2D eigenvalue weighted by atomic mass is 9.32. The van der Waals surface area contributed by atoms with Gasteiger partial charge in [-0.1, -0.05) is 51.0 Å². The van der Waals surface area contributed by atoms with Crippen LogP contribution in [-0.2, 0) is 10.8 Å². The molecular formula is C32H44O2. The number of aromatic hydroxyl groups is 2. The zero-order valence-electron chi connectivity index (χ0n) is 22.3. The molecule has 0 heterocycles. The first-order chi connectivity index (χ1) is 16.0. The van der Waals surface area contributed by atoms with Gasteiger partial charge >= 0.3 is 0 Å². The molecule has 184 valence electrons. The molecule has 2 N–H and O–H groups in total. The van der Waals surface area contributed by atoms with Crippen molar-refractivity contribution < 1.29 is 10.2 Å². The molecule has 0 amide bonds. The molecule has 0 aromatic heterocycles. The molecule has 4 aliphatic carbocycles. The molecule has 4 fully saturated rings. The van der Waals surface area contributed by atoms with Gasteiger partial charge in [0.2, 0.25) is 0 Å². The van der Waals surface area contributed by atoms with Gasteiger partial charge in [0.15, 0.2) is 0 Å². The summed E-state index contributed by atoms with van der Waals surface area (Å²) in [5, 5.41) is 21.1. The van der Waals surface area contributed by atoms with Crippen LogP contribution in [0.2, 0.25) is 0 Å². The minimum absolute atomic E-state index is 0.169. The van der Waals surface area contributed by atoms with Crippen LogP contribution in [0.1, 0.15) is 111 Å². The summed E-state index contributed by atoms with van der Waals surface area (Å²) >= 11 is 0. The van der Waals surface area contributed by atoms with Crippen LogP contribution in [0, 0.1) is 38.5 Å². The van der Waals surface area contributed by atoms with Gasteiger partial charge < -0.3 is 10.2 Å². The second kappa shape index (κ2) is 7.77. The lowest BCUT2D eigenvalue weighted by Gasteiger charge is -2.72. The predicted molar refractivity (Wildman–Crippen MR) is 141 cm³/mol. The van der Waals surface area contributed by atoms with Crippen molar-refractivity contribution in [2.24, 2.45) is 10.8 Å². The Morgan fingerprint density at radius 3 is 1.18 bits per heavy atom. The second-order valence-electron chi connectivity index (χ2n) is 13.0. The Labute approximate surface area is 206 Å². The molecular weight excluding hydrogens is 416 g/mol. The molecule has 4 aliphatic rings. The molecule has 4 bridgehead atoms. The molecule has 6 rings (SSSR count). The minimum atomic E-state index is 0.169. The topological polar surface area (TPSA) is 40.5 Å². The summed E-state index contributed by atoms with van der Waals surface area (Å²) in [5.74, 6) is 0.916. The smallest absolute Gasteiger partial charge is 0.121 e. The third-order valence-corrected chi connectivity index (χ3v) is 10.0. The van der Waals surface area contributed by atoms with Crippen LogP contribution in [0.5, 0.6) is 11.5 Å². The van der Waals surface area contributed by atoms with Gasteiger partial charge in [-0.25, -0.2) is 0 Å². The molecule has 34 heavy (non-hydrogen) atoms. The highest BCUT2D eigenvalue weighted by Gasteiger charge is 2.68. The Morgan fingerprint density at radius 1 is 0.559 bits per heavy atom. The van der Waals surface area contributed by atoms with Crippen molar-refractivity contribution >= 4 is 0 Å². The van der Waals surface area contributed by atoms with Crippen molar-refractivity contribution in [3.05, 3.63) is 57.6 Å². The van der Waals surface area contributed by atoms with Gasteiger partial charge in [-0.15, -0.1) is 0 Å². The summed E-state index contributed by atoms with van der Waals surface area (Å²) in [6, 6.07) is 9.26. The van der Waals surface area contributed by atoms with E-state index in [4.69, 9.17) is 0 Å². The van der Waals surface area contributed by atoms with Crippen molar-refractivity contribution in [2.75, 3.05) is 0 Å².